The number of amides is 1. The maximum atomic E-state index is 13.9. The van der Waals surface area contributed by atoms with Crippen LogP contribution in [0.2, 0.25) is 5.02 Å². The molecule has 0 bridgehead atoms. The number of thioether (sulfide) groups is 1. The summed E-state index contributed by atoms with van der Waals surface area (Å²) in [5, 5.41) is 0.700. The van der Waals surface area contributed by atoms with E-state index < -0.39 is 0 Å². The predicted octanol–water partition coefficient (Wildman–Crippen LogP) is 5.95. The van der Waals surface area contributed by atoms with Gasteiger partial charge in [0.05, 0.1) is 16.5 Å². The maximum absolute atomic E-state index is 13.9. The number of thiocarbonyl (C=S) groups is 1. The Bertz CT molecular complexity index is 1750. The number of aryl methyl sites for hydroxylation is 1. The maximum Gasteiger partial charge on any atom is 0.267 e. The van der Waals surface area contributed by atoms with Crippen molar-refractivity contribution in [3.63, 3.8) is 0 Å². The average Bonchev–Trinajstić information content (AvgIpc) is 3.27. The molecule has 4 heterocycles. The molecule has 7 nitrogen and oxygen atoms in total. The number of anilines is 2. The van der Waals surface area contributed by atoms with Gasteiger partial charge in [-0.25, -0.2) is 4.98 Å². The molecule has 1 atom stereocenters. The van der Waals surface area contributed by atoms with Crippen molar-refractivity contribution in [3.05, 3.63) is 110 Å². The number of carbonyl (C=O) groups excluding carboxylic acids is 1. The van der Waals surface area contributed by atoms with Crippen molar-refractivity contribution in [1.82, 2.24) is 14.3 Å². The van der Waals surface area contributed by atoms with Crippen LogP contribution in [0, 0.1) is 6.92 Å². The molecule has 10 heteroatoms. The number of halogens is 1. The average molecular weight is 602 g/mol. The van der Waals surface area contributed by atoms with Crippen LogP contribution in [0.3, 0.4) is 0 Å². The number of piperazine rings is 1. The van der Waals surface area contributed by atoms with Gasteiger partial charge in [0.2, 0.25) is 0 Å². The van der Waals surface area contributed by atoms with Crippen LogP contribution >= 0.6 is 35.6 Å². The monoisotopic (exact) mass is 601 g/mol. The van der Waals surface area contributed by atoms with Gasteiger partial charge in [-0.3, -0.25) is 18.9 Å². The largest absolute Gasteiger partial charge is 0.368 e. The van der Waals surface area contributed by atoms with Crippen molar-refractivity contribution < 1.29 is 4.79 Å². The van der Waals surface area contributed by atoms with Gasteiger partial charge < -0.3 is 9.80 Å². The first-order chi connectivity index (χ1) is 19.8. The minimum atomic E-state index is -0.230. The van der Waals surface area contributed by atoms with E-state index in [0.29, 0.717) is 44.4 Å². The zero-order valence-corrected chi connectivity index (χ0v) is 25.0. The number of hydrogen-bond acceptors (Lipinski definition) is 7. The molecule has 2 aromatic carbocycles. The number of hydrogen-bond donors (Lipinski definition) is 0. The third-order valence-electron chi connectivity index (χ3n) is 7.51. The quantitative estimate of drug-likeness (QED) is 0.207. The number of pyridine rings is 1. The van der Waals surface area contributed by atoms with E-state index in [-0.39, 0.29) is 17.5 Å². The predicted molar refractivity (Wildman–Crippen MR) is 172 cm³/mol. The van der Waals surface area contributed by atoms with Gasteiger partial charge in [0, 0.05) is 43.1 Å². The molecule has 0 saturated carbocycles. The summed E-state index contributed by atoms with van der Waals surface area (Å²) in [4.78, 5) is 39.0. The number of fused-ring (bicyclic) bond motifs is 1. The van der Waals surface area contributed by atoms with E-state index in [1.54, 1.807) is 21.6 Å². The molecule has 0 spiro atoms. The summed E-state index contributed by atoms with van der Waals surface area (Å²) in [5.41, 5.74) is 3.74. The third-order valence-corrected chi connectivity index (χ3v) is 9.07. The molecule has 41 heavy (non-hydrogen) atoms. The fraction of sp³-hybridized carbons (Fsp3) is 0.226. The molecule has 0 aliphatic carbocycles. The number of nitrogens with zero attached hydrogens (tertiary/aromatic N) is 5. The van der Waals surface area contributed by atoms with Crippen LogP contribution < -0.4 is 15.4 Å². The zero-order valence-electron chi connectivity index (χ0n) is 22.7. The van der Waals surface area contributed by atoms with Gasteiger partial charge in [0.1, 0.15) is 15.8 Å². The van der Waals surface area contributed by atoms with Gasteiger partial charge in [0.25, 0.3) is 11.5 Å². The van der Waals surface area contributed by atoms with Crippen LogP contribution in [-0.2, 0) is 4.79 Å². The van der Waals surface area contributed by atoms with Crippen molar-refractivity contribution in [2.45, 2.75) is 19.9 Å². The van der Waals surface area contributed by atoms with Crippen molar-refractivity contribution in [2.75, 3.05) is 36.0 Å². The zero-order chi connectivity index (χ0) is 28.7. The Balaban J connectivity index is 1.37. The van der Waals surface area contributed by atoms with Gasteiger partial charge in [0.15, 0.2) is 0 Å². The molecule has 4 aromatic rings. The summed E-state index contributed by atoms with van der Waals surface area (Å²) in [5.74, 6) is 0.368. The second kappa shape index (κ2) is 11.3. The van der Waals surface area contributed by atoms with E-state index >= 15 is 0 Å². The summed E-state index contributed by atoms with van der Waals surface area (Å²) < 4.78 is 2.03. The summed E-state index contributed by atoms with van der Waals surface area (Å²) in [7, 11) is 0. The highest BCUT2D eigenvalue weighted by Crippen LogP contribution is 2.38. The molecular formula is C31H28ClN5O2S2. The molecule has 6 rings (SSSR count). The molecule has 0 N–H and O–H groups in total. The van der Waals surface area contributed by atoms with Gasteiger partial charge in [-0.15, -0.1) is 0 Å². The van der Waals surface area contributed by atoms with Gasteiger partial charge in [-0.1, -0.05) is 78.0 Å². The van der Waals surface area contributed by atoms with E-state index in [0.717, 1.165) is 29.9 Å². The second-order valence-electron chi connectivity index (χ2n) is 10.2. The fourth-order valence-electron chi connectivity index (χ4n) is 5.29. The summed E-state index contributed by atoms with van der Waals surface area (Å²) in [6, 6.07) is 21.2. The lowest BCUT2D eigenvalue weighted by Crippen LogP contribution is -2.47. The van der Waals surface area contributed by atoms with Crippen LogP contribution in [-0.4, -0.2) is 50.7 Å². The van der Waals surface area contributed by atoms with Crippen LogP contribution in [0.25, 0.3) is 11.7 Å². The SMILES string of the molecule is Cc1ccc2nc(N3CCN(c4cccc(Cl)c4)CC3)c(/C=C3\SC(=S)N(C(C)c4ccccc4)C3=O)c(=O)n2c1. The van der Waals surface area contributed by atoms with Crippen molar-refractivity contribution in [3.8, 4) is 0 Å². The van der Waals surface area contributed by atoms with E-state index in [2.05, 4.69) is 9.80 Å². The molecule has 2 aromatic heterocycles. The lowest BCUT2D eigenvalue weighted by molar-refractivity contribution is -0.123. The van der Waals surface area contributed by atoms with Crippen molar-refractivity contribution in [2.24, 2.45) is 0 Å². The minimum Gasteiger partial charge on any atom is -0.368 e. The Labute approximate surface area is 253 Å². The lowest BCUT2D eigenvalue weighted by atomic mass is 10.1. The molecule has 1 unspecified atom stereocenters. The van der Waals surface area contributed by atoms with Crippen molar-refractivity contribution in [1.29, 1.82) is 0 Å². The molecule has 1 amide bonds. The number of aromatic nitrogens is 2. The second-order valence-corrected chi connectivity index (χ2v) is 12.3. The summed E-state index contributed by atoms with van der Waals surface area (Å²) in [6.45, 7) is 6.70. The molecule has 2 aliphatic heterocycles. The third kappa shape index (κ3) is 5.37. The van der Waals surface area contributed by atoms with E-state index in [4.69, 9.17) is 28.8 Å². The Morgan fingerprint density at radius 3 is 2.44 bits per heavy atom. The minimum absolute atomic E-state index is 0.207. The summed E-state index contributed by atoms with van der Waals surface area (Å²) >= 11 is 13.1. The summed E-state index contributed by atoms with van der Waals surface area (Å²) in [6.07, 6.45) is 3.46. The molecule has 2 aliphatic rings. The molecule has 208 valence electrons. The number of benzene rings is 2. The normalized spacial score (nSPS) is 17.6. The van der Waals surface area contributed by atoms with E-state index in [9.17, 15) is 9.59 Å². The first-order valence-corrected chi connectivity index (χ1v) is 15.0. The van der Waals surface area contributed by atoms with Gasteiger partial charge in [-0.2, -0.15) is 0 Å². The highest BCUT2D eigenvalue weighted by Gasteiger charge is 2.36. The smallest absolute Gasteiger partial charge is 0.267 e. The molecule has 2 saturated heterocycles. The molecular weight excluding hydrogens is 574 g/mol. The first-order valence-electron chi connectivity index (χ1n) is 13.4. The van der Waals surface area contributed by atoms with E-state index in [1.165, 1.54) is 11.8 Å². The van der Waals surface area contributed by atoms with E-state index in [1.807, 2.05) is 80.6 Å². The Morgan fingerprint density at radius 1 is 0.976 bits per heavy atom. The number of carbonyl (C=O) groups is 1. The van der Waals surface area contributed by atoms with Crippen LogP contribution in [0.1, 0.15) is 29.7 Å². The Hall–Kier alpha value is -3.66. The Morgan fingerprint density at radius 2 is 1.71 bits per heavy atom. The van der Waals surface area contributed by atoms with Gasteiger partial charge >= 0.3 is 0 Å². The Kier molecular flexibility index (Phi) is 7.59. The fourth-order valence-corrected chi connectivity index (χ4v) is 6.87. The van der Waals surface area contributed by atoms with Gasteiger partial charge in [-0.05, 0) is 55.3 Å². The van der Waals surface area contributed by atoms with Crippen molar-refractivity contribution >= 4 is 69.0 Å². The lowest BCUT2D eigenvalue weighted by Gasteiger charge is -2.37. The number of rotatable bonds is 5. The standard InChI is InChI=1S/C31H28ClN5O2S2/c1-20-11-12-27-33-28(35-15-13-34(14-16-35)24-10-6-9-23(32)17-24)25(29(38)36(27)19-20)18-26-30(39)37(31(40)41-26)21(2)22-7-4-3-5-8-22/h3-12,17-19,21H,13-16H2,1-2H3/b26-18-. The highest BCUT2D eigenvalue weighted by molar-refractivity contribution is 8.26. The van der Waals surface area contributed by atoms with Crippen LogP contribution in [0.4, 0.5) is 11.5 Å². The molecule has 2 fully saturated rings. The topological polar surface area (TPSA) is 61.2 Å². The first kappa shape index (κ1) is 27.5. The van der Waals surface area contributed by atoms with Crippen LogP contribution in [0.5, 0.6) is 0 Å². The van der Waals surface area contributed by atoms with Crippen LogP contribution in [0.15, 0.2) is 82.6 Å². The highest BCUT2D eigenvalue weighted by atomic mass is 35.5. The molecule has 0 radical (unpaired) electrons.